The van der Waals surface area contributed by atoms with Gasteiger partial charge in [0.15, 0.2) is 0 Å². The number of amides is 1. The highest BCUT2D eigenvalue weighted by molar-refractivity contribution is 7.90. The summed E-state index contributed by atoms with van der Waals surface area (Å²) in [6, 6.07) is 0.109. The average Bonchev–Trinajstić information content (AvgIpc) is 2.98. The van der Waals surface area contributed by atoms with E-state index in [1.54, 1.807) is 0 Å². The van der Waals surface area contributed by atoms with Crippen molar-refractivity contribution in [1.82, 2.24) is 10.2 Å². The number of hydrogen-bond acceptors (Lipinski definition) is 5. The molecule has 1 saturated heterocycles. The van der Waals surface area contributed by atoms with E-state index in [2.05, 4.69) is 10.2 Å². The minimum Gasteiger partial charge on any atom is -0.378 e. The quantitative estimate of drug-likeness (QED) is 0.769. The second kappa shape index (κ2) is 7.75. The van der Waals surface area contributed by atoms with Crippen molar-refractivity contribution in [3.8, 4) is 0 Å². The summed E-state index contributed by atoms with van der Waals surface area (Å²) in [5.74, 6) is 0.0645. The van der Waals surface area contributed by atoms with E-state index >= 15 is 0 Å². The van der Waals surface area contributed by atoms with E-state index in [1.165, 1.54) is 19.1 Å². The lowest BCUT2D eigenvalue weighted by Gasteiger charge is -2.39. The summed E-state index contributed by atoms with van der Waals surface area (Å²) in [7, 11) is -2.99. The smallest absolute Gasteiger partial charge is 0.239 e. The van der Waals surface area contributed by atoms with Crippen LogP contribution in [-0.4, -0.2) is 69.1 Å². The molecule has 0 aromatic carbocycles. The van der Waals surface area contributed by atoms with Crippen molar-refractivity contribution in [2.24, 2.45) is 0 Å². The number of rotatable bonds is 6. The summed E-state index contributed by atoms with van der Waals surface area (Å²) < 4.78 is 27.9. The molecule has 1 saturated carbocycles. The maximum Gasteiger partial charge on any atom is 0.239 e. The van der Waals surface area contributed by atoms with Crippen LogP contribution in [-0.2, 0) is 19.4 Å². The molecule has 1 heterocycles. The fourth-order valence-electron chi connectivity index (χ4n) is 3.32. The molecule has 2 aliphatic rings. The third-order valence-electron chi connectivity index (χ3n) is 4.58. The molecule has 2 atom stereocenters. The highest BCUT2D eigenvalue weighted by Crippen LogP contribution is 2.26. The van der Waals surface area contributed by atoms with Gasteiger partial charge in [0, 0.05) is 24.9 Å². The Kier molecular flexibility index (Phi) is 6.23. The first-order valence-corrected chi connectivity index (χ1v) is 10.2. The highest BCUT2D eigenvalue weighted by atomic mass is 32.2. The van der Waals surface area contributed by atoms with E-state index in [9.17, 15) is 13.2 Å². The summed E-state index contributed by atoms with van der Waals surface area (Å²) in [5.41, 5.74) is 0. The monoisotopic (exact) mass is 332 g/mol. The number of sulfone groups is 1. The van der Waals surface area contributed by atoms with Crippen molar-refractivity contribution in [2.75, 3.05) is 31.8 Å². The maximum absolute atomic E-state index is 12.5. The molecule has 7 heteroatoms. The van der Waals surface area contributed by atoms with Crippen LogP contribution in [0.25, 0.3) is 0 Å². The van der Waals surface area contributed by atoms with Crippen molar-refractivity contribution < 1.29 is 17.9 Å². The molecule has 0 aromatic rings. The molecule has 128 valence electrons. The first-order chi connectivity index (χ1) is 10.4. The van der Waals surface area contributed by atoms with Crippen LogP contribution in [0.3, 0.4) is 0 Å². The van der Waals surface area contributed by atoms with Gasteiger partial charge in [-0.1, -0.05) is 12.8 Å². The summed E-state index contributed by atoms with van der Waals surface area (Å²) in [4.78, 5) is 14.8. The first-order valence-electron chi connectivity index (χ1n) is 8.18. The Balaban J connectivity index is 1.88. The van der Waals surface area contributed by atoms with Gasteiger partial charge in [-0.05, 0) is 26.2 Å². The van der Waals surface area contributed by atoms with Gasteiger partial charge in [-0.3, -0.25) is 9.69 Å². The fourth-order valence-corrected chi connectivity index (χ4v) is 4.10. The Morgan fingerprint density at radius 3 is 2.68 bits per heavy atom. The van der Waals surface area contributed by atoms with Crippen molar-refractivity contribution in [3.63, 3.8) is 0 Å². The molecule has 1 aliphatic carbocycles. The molecule has 1 N–H and O–H groups in total. The Hall–Kier alpha value is -0.660. The second-order valence-electron chi connectivity index (χ2n) is 6.60. The van der Waals surface area contributed by atoms with E-state index in [0.29, 0.717) is 25.7 Å². The molecule has 0 bridgehead atoms. The molecule has 1 aliphatic heterocycles. The summed E-state index contributed by atoms with van der Waals surface area (Å²) >= 11 is 0. The maximum atomic E-state index is 12.5. The van der Waals surface area contributed by atoms with Crippen molar-refractivity contribution >= 4 is 15.7 Å². The van der Waals surface area contributed by atoms with Gasteiger partial charge < -0.3 is 10.1 Å². The zero-order chi connectivity index (χ0) is 16.2. The van der Waals surface area contributed by atoms with Gasteiger partial charge in [0.05, 0.1) is 19.0 Å². The minimum atomic E-state index is -2.99. The Bertz CT molecular complexity index is 474. The number of morpholine rings is 1. The van der Waals surface area contributed by atoms with Crippen LogP contribution < -0.4 is 5.32 Å². The van der Waals surface area contributed by atoms with Crippen molar-refractivity contribution in [3.05, 3.63) is 0 Å². The number of nitrogens with zero attached hydrogens (tertiary/aromatic N) is 1. The zero-order valence-corrected chi connectivity index (χ0v) is 14.4. The Morgan fingerprint density at radius 1 is 1.36 bits per heavy atom. The molecular weight excluding hydrogens is 304 g/mol. The standard InChI is InChI=1S/C15H28N2O4S/c1-12(7-10-22(2,19)20)16-15(18)14-11-21-9-8-17(14)13-5-3-4-6-13/h12-14H,3-11H2,1-2H3,(H,16,18)/t12-,14+/m0/s1. The van der Waals surface area contributed by atoms with Crippen molar-refractivity contribution in [2.45, 2.75) is 57.2 Å². The molecular formula is C15H28N2O4S. The van der Waals surface area contributed by atoms with Gasteiger partial charge in [-0.2, -0.15) is 0 Å². The van der Waals surface area contributed by atoms with Crippen LogP contribution in [0.2, 0.25) is 0 Å². The van der Waals surface area contributed by atoms with Crippen LogP contribution >= 0.6 is 0 Å². The van der Waals surface area contributed by atoms with Gasteiger partial charge in [0.1, 0.15) is 15.9 Å². The number of carbonyl (C=O) groups excluding carboxylic acids is 1. The third kappa shape index (κ3) is 5.21. The predicted molar refractivity (Wildman–Crippen MR) is 85.5 cm³/mol. The lowest BCUT2D eigenvalue weighted by molar-refractivity contribution is -0.135. The van der Waals surface area contributed by atoms with Gasteiger partial charge in [-0.25, -0.2) is 8.42 Å². The number of ether oxygens (including phenoxy) is 1. The Labute approximate surface area is 133 Å². The number of nitrogens with one attached hydrogen (secondary N) is 1. The highest BCUT2D eigenvalue weighted by Gasteiger charge is 2.35. The van der Waals surface area contributed by atoms with E-state index in [4.69, 9.17) is 4.74 Å². The molecule has 0 radical (unpaired) electrons. The average molecular weight is 332 g/mol. The molecule has 2 rings (SSSR count). The van der Waals surface area contributed by atoms with Gasteiger partial charge in [0.25, 0.3) is 0 Å². The van der Waals surface area contributed by atoms with Gasteiger partial charge in [-0.15, -0.1) is 0 Å². The van der Waals surface area contributed by atoms with E-state index in [1.807, 2.05) is 6.92 Å². The van der Waals surface area contributed by atoms with Crippen LogP contribution in [0.5, 0.6) is 0 Å². The molecule has 0 unspecified atom stereocenters. The lowest BCUT2D eigenvalue weighted by Crippen LogP contribution is -2.57. The van der Waals surface area contributed by atoms with Crippen molar-refractivity contribution in [1.29, 1.82) is 0 Å². The molecule has 0 aromatic heterocycles. The molecule has 2 fully saturated rings. The summed E-state index contributed by atoms with van der Waals surface area (Å²) in [6.07, 6.45) is 6.46. The van der Waals surface area contributed by atoms with Crippen LogP contribution in [0.1, 0.15) is 39.0 Å². The fraction of sp³-hybridized carbons (Fsp3) is 0.933. The summed E-state index contributed by atoms with van der Waals surface area (Å²) in [6.45, 7) is 3.78. The minimum absolute atomic E-state index is 0.0346. The molecule has 0 spiro atoms. The molecule has 1 amide bonds. The molecule has 22 heavy (non-hydrogen) atoms. The SMILES string of the molecule is C[C@@H](CCS(C)(=O)=O)NC(=O)[C@H]1COCCN1C1CCCC1. The number of hydrogen-bond donors (Lipinski definition) is 1. The predicted octanol–water partition coefficient (Wildman–Crippen LogP) is 0.569. The summed E-state index contributed by atoms with van der Waals surface area (Å²) in [5, 5.41) is 2.95. The largest absolute Gasteiger partial charge is 0.378 e. The lowest BCUT2D eigenvalue weighted by atomic mass is 10.1. The van der Waals surface area contributed by atoms with E-state index in [-0.39, 0.29) is 23.7 Å². The van der Waals surface area contributed by atoms with Crippen LogP contribution in [0.15, 0.2) is 0 Å². The van der Waals surface area contributed by atoms with E-state index in [0.717, 1.165) is 19.4 Å². The van der Waals surface area contributed by atoms with Gasteiger partial charge in [0.2, 0.25) is 5.91 Å². The van der Waals surface area contributed by atoms with E-state index < -0.39 is 9.84 Å². The Morgan fingerprint density at radius 2 is 2.05 bits per heavy atom. The van der Waals surface area contributed by atoms with Crippen LogP contribution in [0, 0.1) is 0 Å². The normalized spacial score (nSPS) is 26.0. The second-order valence-corrected chi connectivity index (χ2v) is 8.85. The zero-order valence-electron chi connectivity index (χ0n) is 13.6. The third-order valence-corrected chi connectivity index (χ3v) is 5.55. The number of carbonyl (C=O) groups is 1. The first kappa shape index (κ1) is 17.7. The molecule has 6 nitrogen and oxygen atoms in total. The topological polar surface area (TPSA) is 75.7 Å². The van der Waals surface area contributed by atoms with Crippen LogP contribution in [0.4, 0.5) is 0 Å². The van der Waals surface area contributed by atoms with Gasteiger partial charge >= 0.3 is 0 Å².